The number of fused-ring (bicyclic) bond motifs is 1. The predicted octanol–water partition coefficient (Wildman–Crippen LogP) is 3.28. The van der Waals surface area contributed by atoms with Crippen LogP contribution in [0.3, 0.4) is 0 Å². The Balaban J connectivity index is 1.54. The number of anilines is 1. The van der Waals surface area contributed by atoms with Gasteiger partial charge in [-0.25, -0.2) is 14.6 Å². The van der Waals surface area contributed by atoms with E-state index in [0.717, 1.165) is 16.8 Å². The van der Waals surface area contributed by atoms with Crippen LogP contribution in [0.15, 0.2) is 53.2 Å². The number of para-hydroxylation sites is 1. The van der Waals surface area contributed by atoms with Crippen LogP contribution in [0.2, 0.25) is 0 Å². The number of furan rings is 1. The van der Waals surface area contributed by atoms with Gasteiger partial charge in [-0.3, -0.25) is 4.79 Å². The fraction of sp³-hybridized carbons (Fsp3) is 0.111. The van der Waals surface area contributed by atoms with Gasteiger partial charge in [-0.2, -0.15) is 5.10 Å². The first kappa shape index (κ1) is 15.1. The molecule has 0 aliphatic carbocycles. The topological polar surface area (TPSA) is 85.8 Å². The van der Waals surface area contributed by atoms with Crippen molar-refractivity contribution in [1.82, 2.24) is 19.7 Å². The van der Waals surface area contributed by atoms with Crippen LogP contribution in [-0.4, -0.2) is 25.7 Å². The number of nitrogens with one attached hydrogen (secondary N) is 1. The van der Waals surface area contributed by atoms with E-state index >= 15 is 0 Å². The summed E-state index contributed by atoms with van der Waals surface area (Å²) in [4.78, 5) is 20.8. The molecule has 1 amide bonds. The number of carbonyl (C=O) groups is 1. The van der Waals surface area contributed by atoms with Crippen LogP contribution in [0.25, 0.3) is 16.9 Å². The Morgan fingerprint density at radius 2 is 1.88 bits per heavy atom. The van der Waals surface area contributed by atoms with Crippen LogP contribution >= 0.6 is 0 Å². The monoisotopic (exact) mass is 333 g/mol. The summed E-state index contributed by atoms with van der Waals surface area (Å²) in [5, 5.41) is 7.94. The number of aromatic nitrogens is 4. The summed E-state index contributed by atoms with van der Waals surface area (Å²) in [7, 11) is 0. The molecular formula is C18H15N5O2. The highest BCUT2D eigenvalue weighted by Crippen LogP contribution is 2.19. The van der Waals surface area contributed by atoms with Crippen molar-refractivity contribution in [2.45, 2.75) is 13.8 Å². The first-order valence-corrected chi connectivity index (χ1v) is 7.76. The minimum atomic E-state index is -0.348. The van der Waals surface area contributed by atoms with E-state index in [1.165, 1.54) is 0 Å². The van der Waals surface area contributed by atoms with Crippen molar-refractivity contribution in [2.75, 3.05) is 5.32 Å². The molecule has 0 fully saturated rings. The van der Waals surface area contributed by atoms with Crippen LogP contribution in [0, 0.1) is 13.8 Å². The summed E-state index contributed by atoms with van der Waals surface area (Å²) in [6.07, 6.45) is 3.08. The van der Waals surface area contributed by atoms with Crippen molar-refractivity contribution in [3.63, 3.8) is 0 Å². The molecule has 3 aromatic heterocycles. The molecule has 124 valence electrons. The van der Waals surface area contributed by atoms with E-state index in [2.05, 4.69) is 20.4 Å². The highest BCUT2D eigenvalue weighted by Gasteiger charge is 2.13. The van der Waals surface area contributed by atoms with Gasteiger partial charge in [0, 0.05) is 11.1 Å². The molecule has 0 aliphatic rings. The molecule has 25 heavy (non-hydrogen) atoms. The molecule has 3 heterocycles. The fourth-order valence-electron chi connectivity index (χ4n) is 2.61. The van der Waals surface area contributed by atoms with Crippen molar-refractivity contribution in [1.29, 1.82) is 0 Å². The molecule has 7 nitrogen and oxygen atoms in total. The Bertz CT molecular complexity index is 1030. The van der Waals surface area contributed by atoms with E-state index in [1.807, 2.05) is 44.2 Å². The van der Waals surface area contributed by atoms with Crippen LogP contribution < -0.4 is 5.32 Å². The third kappa shape index (κ3) is 2.87. The van der Waals surface area contributed by atoms with E-state index in [4.69, 9.17) is 4.42 Å². The molecule has 0 atom stereocenters. The van der Waals surface area contributed by atoms with Gasteiger partial charge in [0.25, 0.3) is 11.9 Å². The minimum absolute atomic E-state index is 0.240. The zero-order valence-corrected chi connectivity index (χ0v) is 13.7. The Morgan fingerprint density at radius 1 is 1.12 bits per heavy atom. The maximum Gasteiger partial charge on any atom is 0.291 e. The molecule has 1 N–H and O–H groups in total. The minimum Gasteiger partial charge on any atom is -0.451 e. The van der Waals surface area contributed by atoms with E-state index in [0.29, 0.717) is 17.2 Å². The van der Waals surface area contributed by atoms with Gasteiger partial charge >= 0.3 is 0 Å². The summed E-state index contributed by atoms with van der Waals surface area (Å²) in [6.45, 7) is 3.84. The number of carbonyl (C=O) groups excluding carboxylic acids is 1. The number of hydrogen-bond acceptors (Lipinski definition) is 5. The second-order valence-corrected chi connectivity index (χ2v) is 5.71. The Kier molecular flexibility index (Phi) is 3.53. The molecule has 0 bridgehead atoms. The van der Waals surface area contributed by atoms with Gasteiger partial charge in [0.05, 0.1) is 23.8 Å². The summed E-state index contributed by atoms with van der Waals surface area (Å²) < 4.78 is 7.20. The lowest BCUT2D eigenvalue weighted by atomic mass is 10.2. The Hall–Kier alpha value is -3.48. The molecular weight excluding hydrogens is 318 g/mol. The lowest BCUT2D eigenvalue weighted by molar-refractivity contribution is 0.0998. The summed E-state index contributed by atoms with van der Waals surface area (Å²) in [5.41, 5.74) is 2.99. The lowest BCUT2D eigenvalue weighted by Gasteiger charge is -2.05. The van der Waals surface area contributed by atoms with E-state index in [1.54, 1.807) is 23.1 Å². The zero-order chi connectivity index (χ0) is 17.4. The molecule has 7 heteroatoms. The number of benzene rings is 1. The largest absolute Gasteiger partial charge is 0.451 e. The normalized spacial score (nSPS) is 11.0. The first-order valence-electron chi connectivity index (χ1n) is 7.76. The number of aryl methyl sites for hydroxylation is 2. The van der Waals surface area contributed by atoms with Gasteiger partial charge in [-0.1, -0.05) is 18.2 Å². The average molecular weight is 333 g/mol. The van der Waals surface area contributed by atoms with Crippen molar-refractivity contribution < 1.29 is 9.21 Å². The second kappa shape index (κ2) is 5.86. The predicted molar refractivity (Wildman–Crippen MR) is 92.8 cm³/mol. The third-order valence-corrected chi connectivity index (χ3v) is 3.74. The highest BCUT2D eigenvalue weighted by molar-refractivity contribution is 6.04. The number of amides is 1. The smallest absolute Gasteiger partial charge is 0.291 e. The molecule has 0 saturated carbocycles. The second-order valence-electron chi connectivity index (χ2n) is 5.71. The van der Waals surface area contributed by atoms with Crippen molar-refractivity contribution in [2.24, 2.45) is 0 Å². The van der Waals surface area contributed by atoms with Gasteiger partial charge in [0.2, 0.25) is 0 Å². The van der Waals surface area contributed by atoms with E-state index in [-0.39, 0.29) is 11.7 Å². The van der Waals surface area contributed by atoms with E-state index in [9.17, 15) is 4.79 Å². The lowest BCUT2D eigenvalue weighted by Crippen LogP contribution is -2.12. The number of hydrogen-bond donors (Lipinski definition) is 1. The third-order valence-electron chi connectivity index (χ3n) is 3.74. The van der Waals surface area contributed by atoms with E-state index < -0.39 is 0 Å². The van der Waals surface area contributed by atoms with Gasteiger partial charge < -0.3 is 9.73 Å². The SMILES string of the molecule is Cc1cc(C)n(-c2ncc(NC(=O)c3cc4ccccc4o3)cn2)n1. The zero-order valence-electron chi connectivity index (χ0n) is 13.7. The van der Waals surface area contributed by atoms with Gasteiger partial charge in [0.15, 0.2) is 5.76 Å². The van der Waals surface area contributed by atoms with Crippen molar-refractivity contribution in [3.05, 3.63) is 65.9 Å². The molecule has 4 aromatic rings. The summed E-state index contributed by atoms with van der Waals surface area (Å²) in [6, 6.07) is 11.1. The number of rotatable bonds is 3. The summed E-state index contributed by atoms with van der Waals surface area (Å²) >= 11 is 0. The summed E-state index contributed by atoms with van der Waals surface area (Å²) in [5.74, 6) is 0.342. The highest BCUT2D eigenvalue weighted by atomic mass is 16.3. The maximum atomic E-state index is 12.3. The van der Waals surface area contributed by atoms with Crippen LogP contribution in [0.5, 0.6) is 0 Å². The van der Waals surface area contributed by atoms with Crippen LogP contribution in [-0.2, 0) is 0 Å². The standard InChI is InChI=1S/C18H15N5O2/c1-11-7-12(2)23(22-11)18-19-9-14(10-20-18)21-17(24)16-8-13-5-3-4-6-15(13)25-16/h3-10H,1-2H3,(H,21,24). The van der Waals surface area contributed by atoms with Gasteiger partial charge in [-0.05, 0) is 32.0 Å². The molecule has 0 aliphatic heterocycles. The quantitative estimate of drug-likeness (QED) is 0.622. The van der Waals surface area contributed by atoms with Crippen molar-refractivity contribution in [3.8, 4) is 5.95 Å². The van der Waals surface area contributed by atoms with Gasteiger partial charge in [0.1, 0.15) is 5.58 Å². The van der Waals surface area contributed by atoms with Crippen LogP contribution in [0.4, 0.5) is 5.69 Å². The van der Waals surface area contributed by atoms with Crippen molar-refractivity contribution >= 4 is 22.6 Å². The first-order chi connectivity index (χ1) is 12.1. The number of nitrogens with zero attached hydrogens (tertiary/aromatic N) is 4. The Morgan fingerprint density at radius 3 is 2.56 bits per heavy atom. The molecule has 0 saturated heterocycles. The molecule has 4 rings (SSSR count). The van der Waals surface area contributed by atoms with Crippen LogP contribution in [0.1, 0.15) is 21.9 Å². The molecule has 0 unspecified atom stereocenters. The van der Waals surface area contributed by atoms with Gasteiger partial charge in [-0.15, -0.1) is 0 Å². The maximum absolute atomic E-state index is 12.3. The molecule has 1 aromatic carbocycles. The molecule has 0 spiro atoms. The Labute approximate surface area is 143 Å². The molecule has 0 radical (unpaired) electrons. The fourth-order valence-corrected chi connectivity index (χ4v) is 2.61. The average Bonchev–Trinajstić information content (AvgIpc) is 3.18.